The van der Waals surface area contributed by atoms with Crippen molar-refractivity contribution >= 4 is 5.97 Å². The van der Waals surface area contributed by atoms with E-state index in [1.165, 1.54) is 11.1 Å². The molecule has 2 atom stereocenters. The van der Waals surface area contributed by atoms with Gasteiger partial charge in [0, 0.05) is 6.04 Å². The maximum absolute atomic E-state index is 11.8. The van der Waals surface area contributed by atoms with Gasteiger partial charge in [-0.3, -0.25) is 9.69 Å². The van der Waals surface area contributed by atoms with Crippen molar-refractivity contribution < 1.29 is 9.90 Å². The summed E-state index contributed by atoms with van der Waals surface area (Å²) in [4.78, 5) is 13.9. The number of likely N-dealkylation sites (tertiary alicyclic amines) is 1. The van der Waals surface area contributed by atoms with Gasteiger partial charge in [-0.25, -0.2) is 0 Å². The van der Waals surface area contributed by atoms with Gasteiger partial charge >= 0.3 is 5.97 Å². The van der Waals surface area contributed by atoms with Crippen LogP contribution in [0.1, 0.15) is 56.7 Å². The molecule has 1 aromatic rings. The van der Waals surface area contributed by atoms with Crippen molar-refractivity contribution in [3.05, 3.63) is 35.4 Å². The fourth-order valence-corrected chi connectivity index (χ4v) is 3.30. The van der Waals surface area contributed by atoms with Crippen LogP contribution in [0.2, 0.25) is 0 Å². The van der Waals surface area contributed by atoms with Gasteiger partial charge in [0.2, 0.25) is 0 Å². The first-order valence-electron chi connectivity index (χ1n) is 7.55. The predicted molar refractivity (Wildman–Crippen MR) is 80.8 cm³/mol. The SMILES string of the molecule is CCC(c1ccc(C)cc1)N1CCCCC1(C)C(=O)O. The number of aryl methyl sites for hydroxylation is 1. The van der Waals surface area contributed by atoms with Crippen molar-refractivity contribution in [2.45, 2.75) is 58.0 Å². The highest BCUT2D eigenvalue weighted by Crippen LogP contribution is 2.37. The Morgan fingerprint density at radius 3 is 2.55 bits per heavy atom. The summed E-state index contributed by atoms with van der Waals surface area (Å²) in [7, 11) is 0. The van der Waals surface area contributed by atoms with E-state index in [0.29, 0.717) is 0 Å². The zero-order valence-corrected chi connectivity index (χ0v) is 12.7. The number of carboxylic acid groups (broad SMARTS) is 1. The predicted octanol–water partition coefficient (Wildman–Crippen LogP) is 3.78. The van der Waals surface area contributed by atoms with E-state index in [9.17, 15) is 9.90 Å². The fraction of sp³-hybridized carbons (Fsp3) is 0.588. The van der Waals surface area contributed by atoms with Crippen LogP contribution >= 0.6 is 0 Å². The molecule has 2 unspecified atom stereocenters. The Hall–Kier alpha value is -1.35. The molecule has 0 spiro atoms. The number of carbonyl (C=O) groups is 1. The van der Waals surface area contributed by atoms with Crippen LogP contribution in [0.4, 0.5) is 0 Å². The molecule has 0 aliphatic carbocycles. The van der Waals surface area contributed by atoms with Gasteiger partial charge < -0.3 is 5.11 Å². The summed E-state index contributed by atoms with van der Waals surface area (Å²) < 4.78 is 0. The largest absolute Gasteiger partial charge is 0.480 e. The lowest BCUT2D eigenvalue weighted by Gasteiger charge is -2.46. The van der Waals surface area contributed by atoms with Crippen LogP contribution in [0, 0.1) is 6.92 Å². The highest BCUT2D eigenvalue weighted by atomic mass is 16.4. The van der Waals surface area contributed by atoms with Crippen LogP contribution in [0.15, 0.2) is 24.3 Å². The summed E-state index contributed by atoms with van der Waals surface area (Å²) >= 11 is 0. The molecule has 110 valence electrons. The number of hydrogen-bond acceptors (Lipinski definition) is 2. The van der Waals surface area contributed by atoms with Crippen molar-refractivity contribution in [1.29, 1.82) is 0 Å². The van der Waals surface area contributed by atoms with Crippen molar-refractivity contribution in [2.24, 2.45) is 0 Å². The lowest BCUT2D eigenvalue weighted by atomic mass is 9.85. The molecule has 3 heteroatoms. The molecular formula is C17H25NO2. The number of piperidine rings is 1. The Morgan fingerprint density at radius 1 is 1.35 bits per heavy atom. The van der Waals surface area contributed by atoms with Gasteiger partial charge in [0.15, 0.2) is 0 Å². The standard InChI is InChI=1S/C17H25NO2/c1-4-15(14-9-7-13(2)8-10-14)18-12-6-5-11-17(18,3)16(19)20/h7-10,15H,4-6,11-12H2,1-3H3,(H,19,20). The molecule has 1 aliphatic heterocycles. The topological polar surface area (TPSA) is 40.5 Å². The summed E-state index contributed by atoms with van der Waals surface area (Å²) in [6, 6.07) is 8.69. The van der Waals surface area contributed by atoms with E-state index in [4.69, 9.17) is 0 Å². The van der Waals surface area contributed by atoms with Gasteiger partial charge in [-0.15, -0.1) is 0 Å². The van der Waals surface area contributed by atoms with Gasteiger partial charge in [-0.1, -0.05) is 36.8 Å². The van der Waals surface area contributed by atoms with Crippen LogP contribution in [0.5, 0.6) is 0 Å². The fourth-order valence-electron chi connectivity index (χ4n) is 3.30. The zero-order valence-electron chi connectivity index (χ0n) is 12.7. The lowest BCUT2D eigenvalue weighted by molar-refractivity contribution is -0.155. The van der Waals surface area contributed by atoms with Gasteiger partial charge in [0.05, 0.1) is 0 Å². The van der Waals surface area contributed by atoms with Crippen LogP contribution in [-0.4, -0.2) is 28.1 Å². The molecule has 1 fully saturated rings. The normalized spacial score (nSPS) is 25.4. The third kappa shape index (κ3) is 2.73. The Kier molecular flexibility index (Phi) is 4.48. The maximum atomic E-state index is 11.8. The molecule has 0 aromatic heterocycles. The smallest absolute Gasteiger partial charge is 0.323 e. The van der Waals surface area contributed by atoms with Gasteiger partial charge in [-0.05, 0) is 51.6 Å². The van der Waals surface area contributed by atoms with Crippen molar-refractivity contribution in [3.8, 4) is 0 Å². The van der Waals surface area contributed by atoms with Crippen LogP contribution in [0.25, 0.3) is 0 Å². The molecule has 2 rings (SSSR count). The number of aliphatic carboxylic acids is 1. The third-order valence-electron chi connectivity index (χ3n) is 4.63. The second kappa shape index (κ2) is 5.96. The Bertz CT molecular complexity index is 468. The minimum absolute atomic E-state index is 0.192. The molecule has 3 nitrogen and oxygen atoms in total. The van der Waals surface area contributed by atoms with Crippen LogP contribution in [0.3, 0.4) is 0 Å². The zero-order chi connectivity index (χ0) is 14.8. The summed E-state index contributed by atoms with van der Waals surface area (Å²) in [6.07, 6.45) is 3.77. The molecule has 1 aromatic carbocycles. The first-order valence-corrected chi connectivity index (χ1v) is 7.55. The summed E-state index contributed by atoms with van der Waals surface area (Å²) in [5, 5.41) is 9.66. The Morgan fingerprint density at radius 2 is 2.00 bits per heavy atom. The van der Waals surface area contributed by atoms with Crippen molar-refractivity contribution in [1.82, 2.24) is 4.90 Å². The van der Waals surface area contributed by atoms with Gasteiger partial charge in [0.25, 0.3) is 0 Å². The molecule has 1 saturated heterocycles. The average molecular weight is 275 g/mol. The van der Waals surface area contributed by atoms with Crippen LogP contribution < -0.4 is 0 Å². The van der Waals surface area contributed by atoms with E-state index < -0.39 is 11.5 Å². The minimum Gasteiger partial charge on any atom is -0.480 e. The number of hydrogen-bond donors (Lipinski definition) is 1. The molecule has 0 saturated carbocycles. The second-order valence-electron chi connectivity index (χ2n) is 6.06. The first-order chi connectivity index (χ1) is 9.49. The molecule has 0 bridgehead atoms. The van der Waals surface area contributed by atoms with E-state index >= 15 is 0 Å². The Balaban J connectivity index is 2.33. The molecular weight excluding hydrogens is 250 g/mol. The summed E-state index contributed by atoms with van der Waals surface area (Å²) in [5.41, 5.74) is 1.74. The third-order valence-corrected chi connectivity index (χ3v) is 4.63. The van der Waals surface area contributed by atoms with E-state index in [1.54, 1.807) is 0 Å². The molecule has 0 amide bonds. The average Bonchev–Trinajstić information content (AvgIpc) is 2.43. The van der Waals surface area contributed by atoms with E-state index in [-0.39, 0.29) is 6.04 Å². The summed E-state index contributed by atoms with van der Waals surface area (Å²) in [6.45, 7) is 6.97. The summed E-state index contributed by atoms with van der Waals surface area (Å²) in [5.74, 6) is -0.692. The highest BCUT2D eigenvalue weighted by molar-refractivity contribution is 5.78. The maximum Gasteiger partial charge on any atom is 0.323 e. The monoisotopic (exact) mass is 275 g/mol. The number of nitrogens with zero attached hydrogens (tertiary/aromatic N) is 1. The number of rotatable bonds is 4. The lowest BCUT2D eigenvalue weighted by Crippen LogP contribution is -2.56. The van der Waals surface area contributed by atoms with Crippen molar-refractivity contribution in [3.63, 3.8) is 0 Å². The van der Waals surface area contributed by atoms with Crippen molar-refractivity contribution in [2.75, 3.05) is 6.54 Å². The molecule has 1 N–H and O–H groups in total. The van der Waals surface area contributed by atoms with Gasteiger partial charge in [-0.2, -0.15) is 0 Å². The minimum atomic E-state index is -0.732. The molecule has 1 aliphatic rings. The number of benzene rings is 1. The molecule has 20 heavy (non-hydrogen) atoms. The Labute approximate surface area is 121 Å². The highest BCUT2D eigenvalue weighted by Gasteiger charge is 2.44. The van der Waals surface area contributed by atoms with Gasteiger partial charge in [0.1, 0.15) is 5.54 Å². The second-order valence-corrected chi connectivity index (χ2v) is 6.06. The quantitative estimate of drug-likeness (QED) is 0.909. The molecule has 0 radical (unpaired) electrons. The van der Waals surface area contributed by atoms with E-state index in [1.807, 2.05) is 6.92 Å². The van der Waals surface area contributed by atoms with E-state index in [0.717, 1.165) is 32.2 Å². The van der Waals surface area contributed by atoms with E-state index in [2.05, 4.69) is 43.0 Å². The first kappa shape index (κ1) is 15.0. The number of carboxylic acids is 1. The van der Waals surface area contributed by atoms with Crippen LogP contribution in [-0.2, 0) is 4.79 Å². The molecule has 1 heterocycles.